The zero-order chi connectivity index (χ0) is 18.9. The molecule has 7 nitrogen and oxygen atoms in total. The zero-order valence-corrected chi connectivity index (χ0v) is 15.1. The number of aromatic nitrogens is 2. The quantitative estimate of drug-likeness (QED) is 0.559. The van der Waals surface area contributed by atoms with E-state index in [1.165, 1.54) is 6.26 Å². The highest BCUT2D eigenvalue weighted by atomic mass is 32.2. The van der Waals surface area contributed by atoms with Gasteiger partial charge in [-0.25, -0.2) is 8.42 Å². The van der Waals surface area contributed by atoms with Crippen LogP contribution in [-0.4, -0.2) is 18.6 Å². The van der Waals surface area contributed by atoms with Crippen molar-refractivity contribution >= 4 is 15.7 Å². The van der Waals surface area contributed by atoms with Gasteiger partial charge in [-0.05, 0) is 55.5 Å². The summed E-state index contributed by atoms with van der Waals surface area (Å²) in [5.41, 5.74) is 2.12. The zero-order valence-electron chi connectivity index (χ0n) is 14.3. The molecule has 0 radical (unpaired) electrons. The maximum atomic E-state index is 12.4. The van der Waals surface area contributed by atoms with Gasteiger partial charge in [0.1, 0.15) is 0 Å². The van der Waals surface area contributed by atoms with E-state index in [1.54, 1.807) is 60.7 Å². The van der Waals surface area contributed by atoms with E-state index in [4.69, 9.17) is 8.94 Å². The molecule has 136 valence electrons. The Bertz CT molecular complexity index is 1150. The number of nitrogens with zero attached hydrogens (tertiary/aromatic N) is 2. The van der Waals surface area contributed by atoms with Gasteiger partial charge in [0.15, 0.2) is 5.76 Å². The van der Waals surface area contributed by atoms with Crippen LogP contribution < -0.4 is 4.72 Å². The largest absolute Gasteiger partial charge is 0.459 e. The van der Waals surface area contributed by atoms with Crippen molar-refractivity contribution in [2.24, 2.45) is 0 Å². The predicted octanol–water partition coefficient (Wildman–Crippen LogP) is 4.11. The number of furan rings is 1. The van der Waals surface area contributed by atoms with Crippen molar-refractivity contribution in [3.05, 3.63) is 72.5 Å². The number of sulfonamides is 1. The van der Waals surface area contributed by atoms with Crippen molar-refractivity contribution in [3.63, 3.8) is 0 Å². The van der Waals surface area contributed by atoms with Crippen LogP contribution in [0.2, 0.25) is 0 Å². The van der Waals surface area contributed by atoms with Crippen LogP contribution in [0, 0.1) is 6.92 Å². The Morgan fingerprint density at radius 3 is 2.37 bits per heavy atom. The maximum Gasteiger partial charge on any atom is 0.293 e. The highest BCUT2D eigenvalue weighted by Crippen LogP contribution is 2.24. The Balaban J connectivity index is 1.53. The van der Waals surface area contributed by atoms with E-state index in [0.29, 0.717) is 22.8 Å². The third-order valence-electron chi connectivity index (χ3n) is 3.88. The minimum atomic E-state index is -3.65. The summed E-state index contributed by atoms with van der Waals surface area (Å²) in [4.78, 5) is 4.48. The van der Waals surface area contributed by atoms with Crippen LogP contribution in [0.5, 0.6) is 0 Å². The fraction of sp³-hybridized carbons (Fsp3) is 0.0526. The maximum absolute atomic E-state index is 12.4. The molecular weight excluding hydrogens is 366 g/mol. The van der Waals surface area contributed by atoms with Crippen molar-refractivity contribution in [3.8, 4) is 23.0 Å². The first-order valence-electron chi connectivity index (χ1n) is 8.09. The van der Waals surface area contributed by atoms with E-state index >= 15 is 0 Å². The summed E-state index contributed by atoms with van der Waals surface area (Å²) in [6.45, 7) is 1.90. The number of hydrogen-bond acceptors (Lipinski definition) is 6. The molecule has 0 saturated carbocycles. The second kappa shape index (κ2) is 6.73. The standard InChI is InChI=1S/C19H15N3O4S/c1-13-4-10-16(11-5-13)27(23,24)22-15-8-6-14(7-9-15)18-20-19(26-21-18)17-3-2-12-25-17/h2-12,22H,1H3. The van der Waals surface area contributed by atoms with E-state index < -0.39 is 10.0 Å². The smallest absolute Gasteiger partial charge is 0.293 e. The molecule has 0 aliphatic heterocycles. The predicted molar refractivity (Wildman–Crippen MR) is 99.4 cm³/mol. The van der Waals surface area contributed by atoms with Crippen molar-refractivity contribution in [1.29, 1.82) is 0 Å². The van der Waals surface area contributed by atoms with Crippen LogP contribution in [0.1, 0.15) is 5.56 Å². The molecule has 0 bridgehead atoms. The lowest BCUT2D eigenvalue weighted by atomic mass is 10.2. The molecule has 0 aliphatic rings. The van der Waals surface area contributed by atoms with Crippen LogP contribution in [0.3, 0.4) is 0 Å². The first-order valence-corrected chi connectivity index (χ1v) is 9.57. The SMILES string of the molecule is Cc1ccc(S(=O)(=O)Nc2ccc(-c3noc(-c4ccco4)n3)cc2)cc1. The molecule has 0 aliphatic carbocycles. The Kier molecular flexibility index (Phi) is 4.25. The first kappa shape index (κ1) is 17.0. The minimum absolute atomic E-state index is 0.207. The molecule has 0 atom stereocenters. The van der Waals surface area contributed by atoms with E-state index in [-0.39, 0.29) is 10.8 Å². The van der Waals surface area contributed by atoms with Crippen LogP contribution in [0.25, 0.3) is 23.0 Å². The number of hydrogen-bond donors (Lipinski definition) is 1. The molecule has 2 heterocycles. The molecule has 1 N–H and O–H groups in total. The fourth-order valence-corrected chi connectivity index (χ4v) is 3.52. The average molecular weight is 381 g/mol. The van der Waals surface area contributed by atoms with Gasteiger partial charge < -0.3 is 8.94 Å². The third-order valence-corrected chi connectivity index (χ3v) is 5.28. The van der Waals surface area contributed by atoms with E-state index in [0.717, 1.165) is 5.56 Å². The van der Waals surface area contributed by atoms with Gasteiger partial charge in [-0.15, -0.1) is 0 Å². The second-order valence-electron chi connectivity index (χ2n) is 5.90. The molecule has 0 fully saturated rings. The van der Waals surface area contributed by atoms with E-state index in [1.807, 2.05) is 6.92 Å². The first-order chi connectivity index (χ1) is 13.0. The summed E-state index contributed by atoms with van der Waals surface area (Å²) in [6.07, 6.45) is 1.52. The molecule has 2 aromatic carbocycles. The van der Waals surface area contributed by atoms with Crippen molar-refractivity contribution in [2.75, 3.05) is 4.72 Å². The average Bonchev–Trinajstić information content (AvgIpc) is 3.34. The monoisotopic (exact) mass is 381 g/mol. The van der Waals surface area contributed by atoms with Crippen LogP contribution in [-0.2, 0) is 10.0 Å². The lowest BCUT2D eigenvalue weighted by Crippen LogP contribution is -2.12. The fourth-order valence-electron chi connectivity index (χ4n) is 2.46. The van der Waals surface area contributed by atoms with Crippen molar-refractivity contribution in [1.82, 2.24) is 10.1 Å². The molecule has 4 aromatic rings. The molecule has 0 amide bonds. The number of nitrogens with one attached hydrogen (secondary N) is 1. The van der Waals surface area contributed by atoms with Crippen molar-refractivity contribution in [2.45, 2.75) is 11.8 Å². The molecular formula is C19H15N3O4S. The lowest BCUT2D eigenvalue weighted by molar-refractivity contribution is 0.417. The topological polar surface area (TPSA) is 98.2 Å². The van der Waals surface area contributed by atoms with Gasteiger partial charge in [-0.2, -0.15) is 4.98 Å². The van der Waals surface area contributed by atoms with Crippen LogP contribution in [0.15, 0.2) is 80.8 Å². The number of anilines is 1. The number of aryl methyl sites for hydroxylation is 1. The molecule has 8 heteroatoms. The highest BCUT2D eigenvalue weighted by Gasteiger charge is 2.15. The Hall–Kier alpha value is -3.39. The van der Waals surface area contributed by atoms with E-state index in [9.17, 15) is 8.42 Å². The lowest BCUT2D eigenvalue weighted by Gasteiger charge is -2.08. The van der Waals surface area contributed by atoms with Crippen LogP contribution >= 0.6 is 0 Å². The normalized spacial score (nSPS) is 11.4. The van der Waals surface area contributed by atoms with Crippen molar-refractivity contribution < 1.29 is 17.4 Å². The van der Waals surface area contributed by atoms with Gasteiger partial charge in [0, 0.05) is 11.3 Å². The summed E-state index contributed by atoms with van der Waals surface area (Å²) < 4.78 is 37.8. The molecule has 0 unspecified atom stereocenters. The Morgan fingerprint density at radius 2 is 1.70 bits per heavy atom. The van der Waals surface area contributed by atoms with Gasteiger partial charge >= 0.3 is 0 Å². The number of rotatable bonds is 5. The van der Waals surface area contributed by atoms with Gasteiger partial charge in [0.05, 0.1) is 11.2 Å². The molecule has 2 aromatic heterocycles. The van der Waals surface area contributed by atoms with E-state index in [2.05, 4.69) is 14.9 Å². The molecule has 0 saturated heterocycles. The molecule has 27 heavy (non-hydrogen) atoms. The van der Waals surface area contributed by atoms with Gasteiger partial charge in [-0.3, -0.25) is 4.72 Å². The molecule has 0 spiro atoms. The summed E-state index contributed by atoms with van der Waals surface area (Å²) in [7, 11) is -3.65. The van der Waals surface area contributed by atoms with Gasteiger partial charge in [0.2, 0.25) is 5.82 Å². The summed E-state index contributed by atoms with van der Waals surface area (Å²) in [6, 6.07) is 16.8. The minimum Gasteiger partial charge on any atom is -0.459 e. The van der Waals surface area contributed by atoms with Gasteiger partial charge in [0.25, 0.3) is 15.9 Å². The summed E-state index contributed by atoms with van der Waals surface area (Å²) in [5, 5.41) is 3.92. The Labute approximate surface area is 155 Å². The third kappa shape index (κ3) is 3.61. The highest BCUT2D eigenvalue weighted by molar-refractivity contribution is 7.92. The molecule has 4 rings (SSSR count). The second-order valence-corrected chi connectivity index (χ2v) is 7.58. The Morgan fingerprint density at radius 1 is 0.963 bits per heavy atom. The number of benzene rings is 2. The van der Waals surface area contributed by atoms with Crippen LogP contribution in [0.4, 0.5) is 5.69 Å². The summed E-state index contributed by atoms with van der Waals surface area (Å²) in [5.74, 6) is 1.14. The van der Waals surface area contributed by atoms with Gasteiger partial charge in [-0.1, -0.05) is 22.9 Å². The summed E-state index contributed by atoms with van der Waals surface area (Å²) >= 11 is 0.